The zero-order valence-electron chi connectivity index (χ0n) is 47.6. The molecular formula is C60H88N8O10. The summed E-state index contributed by atoms with van der Waals surface area (Å²) in [6.07, 6.45) is 9.55. The first kappa shape index (κ1) is 61.2. The minimum atomic E-state index is -0.968. The molecule has 428 valence electrons. The summed E-state index contributed by atoms with van der Waals surface area (Å²) in [4.78, 5) is 113. The summed E-state index contributed by atoms with van der Waals surface area (Å²) in [5.41, 5.74) is 2.20. The molecule has 18 heteroatoms. The number of hydrogen-bond acceptors (Lipinski definition) is 11. The van der Waals surface area contributed by atoms with Crippen LogP contribution in [-0.2, 0) is 60.8 Å². The Labute approximate surface area is 462 Å². The van der Waals surface area contributed by atoms with Crippen LogP contribution in [0.4, 0.5) is 5.69 Å². The summed E-state index contributed by atoms with van der Waals surface area (Å²) in [7, 11) is 6.77. The van der Waals surface area contributed by atoms with Crippen molar-refractivity contribution in [2.75, 3.05) is 46.7 Å². The fraction of sp³-hybridized carbons (Fsp3) is 0.633. The van der Waals surface area contributed by atoms with Crippen LogP contribution in [0.15, 0.2) is 66.7 Å². The van der Waals surface area contributed by atoms with Crippen molar-refractivity contribution in [3.63, 3.8) is 0 Å². The maximum atomic E-state index is 14.5. The molecule has 6 rings (SSSR count). The van der Waals surface area contributed by atoms with Crippen molar-refractivity contribution in [3.05, 3.63) is 77.9 Å². The highest BCUT2D eigenvalue weighted by Gasteiger charge is 2.44. The van der Waals surface area contributed by atoms with E-state index in [-0.39, 0.29) is 77.9 Å². The second-order valence-electron chi connectivity index (χ2n) is 22.7. The van der Waals surface area contributed by atoms with Crippen molar-refractivity contribution in [1.29, 1.82) is 0 Å². The Kier molecular flexibility index (Phi) is 23.0. The number of carbonyl (C=O) groups is 8. The van der Waals surface area contributed by atoms with Gasteiger partial charge in [0.05, 0.1) is 36.6 Å². The van der Waals surface area contributed by atoms with E-state index in [9.17, 15) is 38.4 Å². The number of hydrogen-bond donors (Lipinski definition) is 5. The van der Waals surface area contributed by atoms with Crippen molar-refractivity contribution >= 4 is 52.9 Å². The molecule has 2 aliphatic carbocycles. The van der Waals surface area contributed by atoms with Gasteiger partial charge in [-0.3, -0.25) is 43.3 Å². The zero-order chi connectivity index (χ0) is 56.6. The van der Waals surface area contributed by atoms with Crippen molar-refractivity contribution in [2.24, 2.45) is 35.5 Å². The molecule has 8 amide bonds. The van der Waals surface area contributed by atoms with Crippen molar-refractivity contribution < 1.29 is 47.8 Å². The topological polar surface area (TPSA) is 225 Å². The van der Waals surface area contributed by atoms with E-state index >= 15 is 0 Å². The largest absolute Gasteiger partial charge is 0.379 e. The first-order valence-corrected chi connectivity index (χ1v) is 28.5. The maximum absolute atomic E-state index is 14.5. The fourth-order valence-corrected chi connectivity index (χ4v) is 12.2. The molecule has 2 aliphatic heterocycles. The minimum absolute atomic E-state index is 0.0197. The second kappa shape index (κ2) is 29.3. The maximum Gasteiger partial charge on any atom is 0.253 e. The lowest BCUT2D eigenvalue weighted by Crippen LogP contribution is -2.58. The first-order chi connectivity index (χ1) is 37.3. The molecule has 5 N–H and O–H groups in total. The second-order valence-corrected chi connectivity index (χ2v) is 22.7. The molecule has 1 unspecified atom stereocenters. The number of benzene rings is 2. The molecule has 78 heavy (non-hydrogen) atoms. The predicted octanol–water partition coefficient (Wildman–Crippen LogP) is 5.54. The van der Waals surface area contributed by atoms with Gasteiger partial charge in [0, 0.05) is 83.5 Å². The quantitative estimate of drug-likeness (QED) is 0.0699. The van der Waals surface area contributed by atoms with Gasteiger partial charge in [0.15, 0.2) is 0 Å². The van der Waals surface area contributed by atoms with Gasteiger partial charge in [0.1, 0.15) is 12.1 Å². The average Bonchev–Trinajstić information content (AvgIpc) is 4.20. The van der Waals surface area contributed by atoms with E-state index in [4.69, 9.17) is 9.47 Å². The molecule has 2 heterocycles. The molecule has 0 spiro atoms. The Hall–Kier alpha value is -5.98. The SMILES string of the molecule is CC[C@H](C)[C@@H]([C@@H](CC(=O)N1CCC[C@H]1[C@H](OC)[C@@H](C)C(=O)N[C@@H](Cc1ccccc1)C(=O)Nc1ccc(CNC(=O)C2CCC(CN3C(=O)C=CC3=O)CC2)cc1)OC)N(C)C(=O)[C@@H](NC(=O)CC1CC[C@H](NC)C1)C(C)C. The summed E-state index contributed by atoms with van der Waals surface area (Å²) in [5, 5.41) is 15.4. The van der Waals surface area contributed by atoms with Crippen LogP contribution >= 0.6 is 0 Å². The Morgan fingerprint density at radius 3 is 2.05 bits per heavy atom. The van der Waals surface area contributed by atoms with E-state index < -0.39 is 54.1 Å². The molecule has 0 radical (unpaired) electrons. The van der Waals surface area contributed by atoms with Crippen LogP contribution in [0.2, 0.25) is 0 Å². The van der Waals surface area contributed by atoms with E-state index in [0.717, 1.165) is 43.2 Å². The summed E-state index contributed by atoms with van der Waals surface area (Å²) >= 11 is 0. The van der Waals surface area contributed by atoms with Crippen LogP contribution in [0.25, 0.3) is 0 Å². The normalized spacial score (nSPS) is 23.0. The Bertz CT molecular complexity index is 2370. The minimum Gasteiger partial charge on any atom is -0.379 e. The Morgan fingerprint density at radius 1 is 0.782 bits per heavy atom. The molecule has 2 saturated carbocycles. The van der Waals surface area contributed by atoms with E-state index in [0.29, 0.717) is 69.9 Å². The van der Waals surface area contributed by atoms with Gasteiger partial charge in [-0.2, -0.15) is 0 Å². The number of methoxy groups -OCH3 is 2. The number of ether oxygens (including phenoxy) is 2. The van der Waals surface area contributed by atoms with Crippen LogP contribution in [0.3, 0.4) is 0 Å². The fourth-order valence-electron chi connectivity index (χ4n) is 12.2. The van der Waals surface area contributed by atoms with Gasteiger partial charge in [0.25, 0.3) is 11.8 Å². The van der Waals surface area contributed by atoms with E-state index in [1.807, 2.05) is 77.2 Å². The molecular weight excluding hydrogens is 993 g/mol. The van der Waals surface area contributed by atoms with Crippen LogP contribution < -0.4 is 26.6 Å². The highest BCUT2D eigenvalue weighted by molar-refractivity contribution is 6.12. The van der Waals surface area contributed by atoms with Gasteiger partial charge < -0.3 is 45.9 Å². The molecule has 2 aromatic rings. The molecule has 18 nitrogen and oxygen atoms in total. The number of nitrogens with zero attached hydrogens (tertiary/aromatic N) is 3. The van der Waals surface area contributed by atoms with Gasteiger partial charge in [-0.15, -0.1) is 0 Å². The van der Waals surface area contributed by atoms with Crippen molar-refractivity contribution in [2.45, 2.75) is 167 Å². The number of nitrogens with one attached hydrogen (secondary N) is 5. The third-order valence-corrected chi connectivity index (χ3v) is 17.1. The molecule has 2 aromatic carbocycles. The number of amides is 8. The van der Waals surface area contributed by atoms with Gasteiger partial charge in [0.2, 0.25) is 35.4 Å². The average molecular weight is 1080 g/mol. The number of likely N-dealkylation sites (N-methyl/N-ethyl adjacent to an activating group) is 1. The van der Waals surface area contributed by atoms with Crippen molar-refractivity contribution in [3.8, 4) is 0 Å². The molecule has 0 bridgehead atoms. The lowest BCUT2D eigenvalue weighted by Gasteiger charge is -2.41. The number of rotatable bonds is 27. The summed E-state index contributed by atoms with van der Waals surface area (Å²) < 4.78 is 12.2. The number of likely N-dealkylation sites (tertiary alicyclic amines) is 1. The molecule has 1 saturated heterocycles. The number of imide groups is 1. The highest BCUT2D eigenvalue weighted by atomic mass is 16.5. The monoisotopic (exact) mass is 1080 g/mol. The Balaban J connectivity index is 1.05. The van der Waals surface area contributed by atoms with Gasteiger partial charge in [-0.05, 0) is 112 Å². The predicted molar refractivity (Wildman–Crippen MR) is 298 cm³/mol. The summed E-state index contributed by atoms with van der Waals surface area (Å²) in [6, 6.07) is 14.3. The molecule has 10 atom stereocenters. The third-order valence-electron chi connectivity index (χ3n) is 17.1. The lowest BCUT2D eigenvalue weighted by atomic mass is 9.81. The van der Waals surface area contributed by atoms with E-state index in [1.54, 1.807) is 43.0 Å². The lowest BCUT2D eigenvalue weighted by molar-refractivity contribution is -0.147. The third kappa shape index (κ3) is 16.3. The van der Waals surface area contributed by atoms with E-state index in [2.05, 4.69) is 26.6 Å². The highest BCUT2D eigenvalue weighted by Crippen LogP contribution is 2.33. The standard InChI is InChI=1S/C60H88N8O10/c1-10-38(4)55(66(7)60(76)54(37(2)3)65-50(69)33-43-22-27-46(31-43)61-6)49(77-8)34-53(72)67-30-14-17-48(67)56(78-9)39(5)57(73)64-47(32-40-15-12-11-13-16-40)59(75)63-45-25-20-41(21-26-45)35-62-58(74)44-23-18-42(19-24-44)36-68-51(70)28-29-52(68)71/h11-13,15-16,20-21,25-26,28-29,37-39,42-44,46-49,54-56,61H,10,14,17-19,22-24,27,30-36H2,1-9H3,(H,62,74)(H,63,75)(H,64,73)(H,65,69)/t38-,39+,42?,43?,44?,46-,47-,48-,49+,54-,55-,56+/m0/s1. The van der Waals surface area contributed by atoms with Gasteiger partial charge in [-0.25, -0.2) is 0 Å². The summed E-state index contributed by atoms with van der Waals surface area (Å²) in [6.45, 7) is 10.8. The number of carbonyl (C=O) groups excluding carboxylic acids is 8. The molecule has 4 aliphatic rings. The van der Waals surface area contributed by atoms with Crippen LogP contribution in [0.5, 0.6) is 0 Å². The molecule has 0 aromatic heterocycles. The smallest absolute Gasteiger partial charge is 0.253 e. The van der Waals surface area contributed by atoms with Crippen molar-refractivity contribution in [1.82, 2.24) is 36.0 Å². The van der Waals surface area contributed by atoms with Crippen LogP contribution in [0.1, 0.15) is 123 Å². The first-order valence-electron chi connectivity index (χ1n) is 28.5. The molecule has 3 fully saturated rings. The van der Waals surface area contributed by atoms with Gasteiger partial charge >= 0.3 is 0 Å². The van der Waals surface area contributed by atoms with Gasteiger partial charge in [-0.1, -0.05) is 83.5 Å². The van der Waals surface area contributed by atoms with E-state index in [1.165, 1.54) is 24.2 Å². The van der Waals surface area contributed by atoms with Crippen LogP contribution in [-0.4, -0.2) is 146 Å². The Morgan fingerprint density at radius 2 is 1.45 bits per heavy atom. The number of anilines is 1. The summed E-state index contributed by atoms with van der Waals surface area (Å²) in [5.74, 6) is -2.71. The zero-order valence-corrected chi connectivity index (χ0v) is 47.6. The van der Waals surface area contributed by atoms with Crippen LogP contribution in [0, 0.1) is 35.5 Å².